The van der Waals surface area contributed by atoms with Gasteiger partial charge in [-0.25, -0.2) is 0 Å². The molecule has 0 spiro atoms. The molecule has 2 heterocycles. The summed E-state index contributed by atoms with van der Waals surface area (Å²) in [4.78, 5) is 35.0. The number of hydrogen-bond donors (Lipinski definition) is 3. The third kappa shape index (κ3) is 3.68. The Balaban J connectivity index is 1.95. The third-order valence-corrected chi connectivity index (χ3v) is 5.26. The molecule has 1 aliphatic heterocycles. The molecular weight excluding hydrogens is 342 g/mol. The molecule has 134 valence electrons. The lowest BCUT2D eigenvalue weighted by atomic mass is 9.88. The van der Waals surface area contributed by atoms with Crippen molar-refractivity contribution in [1.82, 2.24) is 10.6 Å². The number of anilines is 1. The minimum absolute atomic E-state index is 0.162. The Kier molecular flexibility index (Phi) is 5.08. The number of carbonyl (C=O) groups is 3. The summed E-state index contributed by atoms with van der Waals surface area (Å²) in [5.74, 6) is -0.0652. The molecule has 1 saturated heterocycles. The van der Waals surface area contributed by atoms with E-state index in [1.165, 1.54) is 23.8 Å². The van der Waals surface area contributed by atoms with Crippen LogP contribution in [0.4, 0.5) is 5.00 Å². The summed E-state index contributed by atoms with van der Waals surface area (Å²) >= 11 is 1.39. The molecule has 1 aromatic rings. The van der Waals surface area contributed by atoms with E-state index in [1.54, 1.807) is 7.11 Å². The van der Waals surface area contributed by atoms with Crippen LogP contribution in [0.15, 0.2) is 11.0 Å². The number of thiophene rings is 1. The number of hydrogen-bond acceptors (Lipinski definition) is 6. The van der Waals surface area contributed by atoms with Crippen molar-refractivity contribution in [2.24, 2.45) is 0 Å². The smallest absolute Gasteiger partial charge is 0.249 e. The summed E-state index contributed by atoms with van der Waals surface area (Å²) in [6.07, 6.45) is 3.73. The van der Waals surface area contributed by atoms with E-state index in [0.29, 0.717) is 23.6 Å². The van der Waals surface area contributed by atoms with Crippen LogP contribution in [0.5, 0.6) is 5.75 Å². The van der Waals surface area contributed by atoms with Gasteiger partial charge in [-0.15, -0.1) is 11.3 Å². The van der Waals surface area contributed by atoms with Crippen molar-refractivity contribution in [2.75, 3.05) is 12.4 Å². The maximum atomic E-state index is 12.1. The van der Waals surface area contributed by atoms with Crippen LogP contribution in [0, 0.1) is 0 Å². The number of imide groups is 1. The summed E-state index contributed by atoms with van der Waals surface area (Å²) in [5, 5.41) is 11.0. The molecule has 7 nitrogen and oxygen atoms in total. The molecule has 8 heteroatoms. The average Bonchev–Trinajstić information content (AvgIpc) is 2.89. The zero-order chi connectivity index (χ0) is 18.0. The van der Waals surface area contributed by atoms with Crippen molar-refractivity contribution in [1.29, 1.82) is 0 Å². The number of methoxy groups -OCH3 is 1. The fraction of sp³-hybridized carbons (Fsp3) is 0.471. The highest BCUT2D eigenvalue weighted by Gasteiger charge is 2.31. The van der Waals surface area contributed by atoms with Crippen LogP contribution in [-0.4, -0.2) is 30.9 Å². The van der Waals surface area contributed by atoms with E-state index in [0.717, 1.165) is 30.5 Å². The van der Waals surface area contributed by atoms with Gasteiger partial charge in [-0.2, -0.15) is 0 Å². The second-order valence-electron chi connectivity index (χ2n) is 6.17. The molecule has 1 saturated carbocycles. The highest BCUT2D eigenvalue weighted by molar-refractivity contribution is 7.15. The first-order valence-electron chi connectivity index (χ1n) is 8.25. The van der Waals surface area contributed by atoms with E-state index in [2.05, 4.69) is 16.0 Å². The molecule has 0 aromatic carbocycles. The van der Waals surface area contributed by atoms with E-state index in [4.69, 9.17) is 4.74 Å². The number of piperidine rings is 1. The van der Waals surface area contributed by atoms with Crippen LogP contribution >= 0.6 is 11.3 Å². The van der Waals surface area contributed by atoms with Crippen LogP contribution in [0.2, 0.25) is 0 Å². The highest BCUT2D eigenvalue weighted by atomic mass is 32.1. The number of nitrogens with one attached hydrogen (secondary N) is 3. The Bertz CT molecular complexity index is 747. The quantitative estimate of drug-likeness (QED) is 0.696. The highest BCUT2D eigenvalue weighted by Crippen LogP contribution is 2.43. The fourth-order valence-electron chi connectivity index (χ4n) is 2.94. The Morgan fingerprint density at radius 1 is 1.32 bits per heavy atom. The molecule has 1 aromatic heterocycles. The predicted molar refractivity (Wildman–Crippen MR) is 95.3 cm³/mol. The van der Waals surface area contributed by atoms with Gasteiger partial charge >= 0.3 is 0 Å². The molecule has 1 unspecified atom stereocenters. The van der Waals surface area contributed by atoms with Gasteiger partial charge in [0.05, 0.1) is 12.7 Å². The molecule has 1 atom stereocenters. The third-order valence-electron chi connectivity index (χ3n) is 4.39. The minimum atomic E-state index is -0.476. The lowest BCUT2D eigenvalue weighted by Crippen LogP contribution is -2.50. The summed E-state index contributed by atoms with van der Waals surface area (Å²) in [6.45, 7) is 1.46. The van der Waals surface area contributed by atoms with E-state index >= 15 is 0 Å². The van der Waals surface area contributed by atoms with Gasteiger partial charge in [-0.1, -0.05) is 0 Å². The van der Waals surface area contributed by atoms with Crippen molar-refractivity contribution in [3.8, 4) is 5.75 Å². The van der Waals surface area contributed by atoms with Crippen LogP contribution < -0.4 is 20.7 Å². The van der Waals surface area contributed by atoms with Crippen molar-refractivity contribution in [3.63, 3.8) is 0 Å². The van der Waals surface area contributed by atoms with Crippen LogP contribution in [0.1, 0.15) is 44.6 Å². The molecule has 25 heavy (non-hydrogen) atoms. The molecule has 3 N–H and O–H groups in total. The number of allylic oxidation sites excluding steroid dienone is 1. The van der Waals surface area contributed by atoms with Gasteiger partial charge in [0.2, 0.25) is 17.7 Å². The molecule has 1 aliphatic carbocycles. The number of carbonyl (C=O) groups excluding carboxylic acids is 3. The minimum Gasteiger partial charge on any atom is -0.495 e. The molecule has 2 aliphatic rings. The van der Waals surface area contributed by atoms with Gasteiger partial charge in [0.1, 0.15) is 16.8 Å². The van der Waals surface area contributed by atoms with Crippen LogP contribution in [0.25, 0.3) is 5.70 Å². The number of ether oxygens (including phenoxy) is 1. The Hall–Kier alpha value is -2.35. The van der Waals surface area contributed by atoms with Crippen molar-refractivity contribution >= 4 is 39.8 Å². The monoisotopic (exact) mass is 363 g/mol. The topological polar surface area (TPSA) is 96.5 Å². The Labute approximate surface area is 149 Å². The van der Waals surface area contributed by atoms with E-state index < -0.39 is 6.04 Å². The Morgan fingerprint density at radius 3 is 2.64 bits per heavy atom. The SMILES string of the molecule is COc1csc(NC(C)=O)c1C(NC1CCC(=O)NC1=O)=C1CCC1. The van der Waals surface area contributed by atoms with E-state index in [1.807, 2.05) is 5.38 Å². The molecular formula is C17H21N3O4S. The fourth-order valence-corrected chi connectivity index (χ4v) is 3.90. The summed E-state index contributed by atoms with van der Waals surface area (Å²) in [7, 11) is 1.58. The largest absolute Gasteiger partial charge is 0.495 e. The first kappa shape index (κ1) is 17.5. The number of amides is 3. The van der Waals surface area contributed by atoms with Gasteiger partial charge in [-0.05, 0) is 31.3 Å². The number of rotatable bonds is 5. The van der Waals surface area contributed by atoms with Crippen molar-refractivity contribution in [3.05, 3.63) is 16.5 Å². The predicted octanol–water partition coefficient (Wildman–Crippen LogP) is 2.00. The second kappa shape index (κ2) is 7.26. The maximum Gasteiger partial charge on any atom is 0.249 e. The zero-order valence-corrected chi connectivity index (χ0v) is 15.0. The lowest BCUT2D eigenvalue weighted by molar-refractivity contribution is -0.134. The molecule has 0 bridgehead atoms. The summed E-state index contributed by atoms with van der Waals surface area (Å²) in [5.41, 5.74) is 2.82. The lowest BCUT2D eigenvalue weighted by Gasteiger charge is -2.29. The van der Waals surface area contributed by atoms with E-state index in [9.17, 15) is 14.4 Å². The summed E-state index contributed by atoms with van der Waals surface area (Å²) < 4.78 is 5.47. The Morgan fingerprint density at radius 2 is 2.08 bits per heavy atom. The second-order valence-corrected chi connectivity index (χ2v) is 7.05. The van der Waals surface area contributed by atoms with Gasteiger partial charge in [0.15, 0.2) is 0 Å². The van der Waals surface area contributed by atoms with Crippen LogP contribution in [-0.2, 0) is 14.4 Å². The van der Waals surface area contributed by atoms with Crippen molar-refractivity contribution in [2.45, 2.75) is 45.1 Å². The van der Waals surface area contributed by atoms with Crippen LogP contribution in [0.3, 0.4) is 0 Å². The van der Waals surface area contributed by atoms with Gasteiger partial charge in [0.25, 0.3) is 0 Å². The molecule has 3 amide bonds. The van der Waals surface area contributed by atoms with Gasteiger partial charge in [-0.3, -0.25) is 19.7 Å². The molecule has 3 rings (SSSR count). The average molecular weight is 363 g/mol. The van der Waals surface area contributed by atoms with Gasteiger partial charge < -0.3 is 15.4 Å². The van der Waals surface area contributed by atoms with Gasteiger partial charge in [0, 0.05) is 24.4 Å². The molecule has 0 radical (unpaired) electrons. The standard InChI is InChI=1S/C17H21N3O4S/c1-9(21)18-17-14(12(24-2)8-25-17)15(10-4-3-5-10)19-11-6-7-13(22)20-16(11)23/h8,11,19H,3-7H2,1-2H3,(H,18,21)(H,20,22,23). The first-order valence-corrected chi connectivity index (χ1v) is 9.13. The maximum absolute atomic E-state index is 12.1. The summed E-state index contributed by atoms with van der Waals surface area (Å²) in [6, 6.07) is -0.476. The normalized spacial score (nSPS) is 19.8. The first-order chi connectivity index (χ1) is 12.0. The van der Waals surface area contributed by atoms with Crippen molar-refractivity contribution < 1.29 is 19.1 Å². The zero-order valence-electron chi connectivity index (χ0n) is 14.2. The van der Waals surface area contributed by atoms with E-state index in [-0.39, 0.29) is 17.7 Å². The molecule has 2 fully saturated rings.